The Morgan fingerprint density at radius 2 is 1.77 bits per heavy atom. The van der Waals surface area contributed by atoms with Gasteiger partial charge in [-0.1, -0.05) is 6.07 Å². The van der Waals surface area contributed by atoms with Crippen molar-refractivity contribution in [3.63, 3.8) is 0 Å². The van der Waals surface area contributed by atoms with Crippen LogP contribution in [-0.2, 0) is 14.3 Å². The monoisotopic (exact) mass is 478 g/mol. The minimum Gasteiger partial charge on any atom is -0.492 e. The minimum atomic E-state index is -0.998. The topological polar surface area (TPSA) is 117 Å². The fourth-order valence-electron chi connectivity index (χ4n) is 4.53. The van der Waals surface area contributed by atoms with Crippen molar-refractivity contribution in [3.05, 3.63) is 53.6 Å². The summed E-state index contributed by atoms with van der Waals surface area (Å²) in [6.45, 7) is 4.74. The molecule has 0 bridgehead atoms. The van der Waals surface area contributed by atoms with Gasteiger partial charge in [0.2, 0.25) is 11.8 Å². The Hall–Kier alpha value is -3.76. The van der Waals surface area contributed by atoms with Crippen LogP contribution in [0.1, 0.15) is 33.6 Å². The lowest BCUT2D eigenvalue weighted by atomic mass is 10.0. The lowest BCUT2D eigenvalue weighted by molar-refractivity contribution is -0.136. The van der Waals surface area contributed by atoms with Gasteiger partial charge in [0.15, 0.2) is 0 Å². The van der Waals surface area contributed by atoms with Gasteiger partial charge in [0, 0.05) is 31.7 Å². The highest BCUT2D eigenvalue weighted by Crippen LogP contribution is 2.34. The largest absolute Gasteiger partial charge is 0.492 e. The summed E-state index contributed by atoms with van der Waals surface area (Å²) in [5.74, 6) is -1.39. The van der Waals surface area contributed by atoms with E-state index in [0.29, 0.717) is 12.3 Å². The molecule has 182 valence electrons. The number of rotatable bonds is 7. The molecule has 2 N–H and O–H groups in total. The number of benzene rings is 2. The maximum absolute atomic E-state index is 13.2. The molecule has 2 aromatic carbocycles. The quantitative estimate of drug-likeness (QED) is 0.576. The molecule has 35 heavy (non-hydrogen) atoms. The molecule has 2 aromatic rings. The average molecular weight is 479 g/mol. The van der Waals surface area contributed by atoms with E-state index < -0.39 is 29.7 Å². The molecule has 1 unspecified atom stereocenters. The summed E-state index contributed by atoms with van der Waals surface area (Å²) < 4.78 is 11.2. The van der Waals surface area contributed by atoms with Crippen LogP contribution in [0.2, 0.25) is 0 Å². The SMILES string of the molecule is O=C1CCC(N2C(=O)c3cccc(Nc4ccc(OCCN5CCOCC5)cc4)c3C2=O)C(=O)N1. The summed E-state index contributed by atoms with van der Waals surface area (Å²) in [6, 6.07) is 11.3. The Labute approximate surface area is 202 Å². The predicted octanol–water partition coefficient (Wildman–Crippen LogP) is 1.54. The van der Waals surface area contributed by atoms with E-state index in [-0.39, 0.29) is 24.0 Å². The van der Waals surface area contributed by atoms with E-state index in [2.05, 4.69) is 15.5 Å². The number of carbonyl (C=O) groups is 4. The van der Waals surface area contributed by atoms with Gasteiger partial charge < -0.3 is 14.8 Å². The van der Waals surface area contributed by atoms with Gasteiger partial charge in [0.05, 0.1) is 30.0 Å². The number of hydrogen-bond donors (Lipinski definition) is 2. The molecule has 0 aromatic heterocycles. The molecule has 1 atom stereocenters. The van der Waals surface area contributed by atoms with E-state index in [9.17, 15) is 19.2 Å². The van der Waals surface area contributed by atoms with Crippen molar-refractivity contribution in [1.29, 1.82) is 0 Å². The molecule has 0 saturated carbocycles. The summed E-state index contributed by atoms with van der Waals surface area (Å²) in [4.78, 5) is 53.2. The van der Waals surface area contributed by atoms with Gasteiger partial charge in [-0.15, -0.1) is 0 Å². The molecule has 0 spiro atoms. The smallest absolute Gasteiger partial charge is 0.264 e. The molecule has 10 nitrogen and oxygen atoms in total. The van der Waals surface area contributed by atoms with Crippen LogP contribution in [0.5, 0.6) is 5.75 Å². The number of fused-ring (bicyclic) bond motifs is 1. The van der Waals surface area contributed by atoms with Crippen LogP contribution in [0.25, 0.3) is 0 Å². The Kier molecular flexibility index (Phi) is 6.47. The van der Waals surface area contributed by atoms with Gasteiger partial charge in [-0.05, 0) is 42.8 Å². The van der Waals surface area contributed by atoms with Crippen LogP contribution in [0, 0.1) is 0 Å². The van der Waals surface area contributed by atoms with Crippen LogP contribution < -0.4 is 15.4 Å². The third kappa shape index (κ3) is 4.75. The zero-order chi connectivity index (χ0) is 24.4. The first-order valence-corrected chi connectivity index (χ1v) is 11.7. The zero-order valence-electron chi connectivity index (χ0n) is 19.1. The highest BCUT2D eigenvalue weighted by atomic mass is 16.5. The molecule has 0 radical (unpaired) electrons. The maximum Gasteiger partial charge on any atom is 0.264 e. The lowest BCUT2D eigenvalue weighted by Gasteiger charge is -2.27. The molecule has 3 aliphatic rings. The molecule has 4 amide bonds. The number of ether oxygens (including phenoxy) is 2. The third-order valence-electron chi connectivity index (χ3n) is 6.38. The van der Waals surface area contributed by atoms with Gasteiger partial charge in [0.25, 0.3) is 11.8 Å². The second kappa shape index (κ2) is 9.85. The van der Waals surface area contributed by atoms with Crippen molar-refractivity contribution in [2.45, 2.75) is 18.9 Å². The van der Waals surface area contributed by atoms with E-state index >= 15 is 0 Å². The number of amides is 4. The molecule has 2 saturated heterocycles. The number of imide groups is 2. The van der Waals surface area contributed by atoms with Gasteiger partial charge in [-0.25, -0.2) is 0 Å². The van der Waals surface area contributed by atoms with Crippen LogP contribution in [-0.4, -0.2) is 78.9 Å². The van der Waals surface area contributed by atoms with Crippen LogP contribution >= 0.6 is 0 Å². The molecule has 5 rings (SSSR count). The average Bonchev–Trinajstić information content (AvgIpc) is 3.12. The number of anilines is 2. The Balaban J connectivity index is 1.25. The predicted molar refractivity (Wildman–Crippen MR) is 126 cm³/mol. The number of hydrogen-bond acceptors (Lipinski definition) is 8. The Morgan fingerprint density at radius 3 is 2.51 bits per heavy atom. The lowest BCUT2D eigenvalue weighted by Crippen LogP contribution is -2.54. The summed E-state index contributed by atoms with van der Waals surface area (Å²) in [5, 5.41) is 5.41. The fourth-order valence-corrected chi connectivity index (χ4v) is 4.53. The van der Waals surface area contributed by atoms with Crippen molar-refractivity contribution in [3.8, 4) is 5.75 Å². The minimum absolute atomic E-state index is 0.0792. The number of nitrogens with zero attached hydrogens (tertiary/aromatic N) is 2. The molecular weight excluding hydrogens is 452 g/mol. The summed E-state index contributed by atoms with van der Waals surface area (Å²) in [5.41, 5.74) is 1.64. The number of carbonyl (C=O) groups excluding carboxylic acids is 4. The van der Waals surface area contributed by atoms with Crippen molar-refractivity contribution in [1.82, 2.24) is 15.1 Å². The zero-order valence-corrected chi connectivity index (χ0v) is 19.1. The maximum atomic E-state index is 13.2. The second-order valence-corrected chi connectivity index (χ2v) is 8.63. The Bertz CT molecular complexity index is 1160. The molecule has 3 heterocycles. The molecule has 2 fully saturated rings. The van der Waals surface area contributed by atoms with Crippen LogP contribution in [0.15, 0.2) is 42.5 Å². The first-order valence-electron chi connectivity index (χ1n) is 11.7. The van der Waals surface area contributed by atoms with Crippen LogP contribution in [0.4, 0.5) is 11.4 Å². The van der Waals surface area contributed by atoms with Crippen molar-refractivity contribution >= 4 is 35.0 Å². The fraction of sp³-hybridized carbons (Fsp3) is 0.360. The highest BCUT2D eigenvalue weighted by molar-refractivity contribution is 6.25. The summed E-state index contributed by atoms with van der Waals surface area (Å²) in [7, 11) is 0. The highest BCUT2D eigenvalue weighted by Gasteiger charge is 2.45. The van der Waals surface area contributed by atoms with E-state index in [1.54, 1.807) is 18.2 Å². The molecule has 0 aliphatic carbocycles. The van der Waals surface area contributed by atoms with E-state index in [4.69, 9.17) is 9.47 Å². The van der Waals surface area contributed by atoms with Crippen molar-refractivity contribution < 1.29 is 28.7 Å². The Morgan fingerprint density at radius 1 is 1.00 bits per heavy atom. The van der Waals surface area contributed by atoms with Crippen molar-refractivity contribution in [2.75, 3.05) is 44.8 Å². The molecule has 3 aliphatic heterocycles. The first-order chi connectivity index (χ1) is 17.0. The summed E-state index contributed by atoms with van der Waals surface area (Å²) >= 11 is 0. The van der Waals surface area contributed by atoms with Crippen LogP contribution in [0.3, 0.4) is 0 Å². The standard InChI is InChI=1S/C25H26N4O6/c30-21-9-8-20(23(31)27-21)29-24(32)18-2-1-3-19(22(18)25(29)33)26-16-4-6-17(7-5-16)35-15-12-28-10-13-34-14-11-28/h1-7,20,26H,8-15H2,(H,27,30,31). The van der Waals surface area contributed by atoms with Crippen molar-refractivity contribution in [2.24, 2.45) is 0 Å². The van der Waals surface area contributed by atoms with E-state index in [1.807, 2.05) is 24.3 Å². The first kappa shape index (κ1) is 23.0. The number of morpholine rings is 1. The normalized spacial score (nSPS) is 20.6. The molecular formula is C25H26N4O6. The second-order valence-electron chi connectivity index (χ2n) is 8.63. The van der Waals surface area contributed by atoms with Gasteiger partial charge in [-0.2, -0.15) is 0 Å². The van der Waals surface area contributed by atoms with E-state index in [1.165, 1.54) is 0 Å². The van der Waals surface area contributed by atoms with E-state index in [0.717, 1.165) is 49.2 Å². The number of nitrogens with one attached hydrogen (secondary N) is 2. The third-order valence-corrected chi connectivity index (χ3v) is 6.38. The van der Waals surface area contributed by atoms with Gasteiger partial charge >= 0.3 is 0 Å². The number of piperidine rings is 1. The van der Waals surface area contributed by atoms with Gasteiger partial charge in [0.1, 0.15) is 18.4 Å². The molecule has 10 heteroatoms. The van der Waals surface area contributed by atoms with Gasteiger partial charge in [-0.3, -0.25) is 34.3 Å². The summed E-state index contributed by atoms with van der Waals surface area (Å²) in [6.07, 6.45) is 0.196.